The van der Waals surface area contributed by atoms with E-state index in [0.717, 1.165) is 0 Å². The third-order valence-corrected chi connectivity index (χ3v) is 1.89. The van der Waals surface area contributed by atoms with E-state index in [1.165, 1.54) is 33.1 Å². The van der Waals surface area contributed by atoms with Crippen molar-refractivity contribution < 1.29 is 22.6 Å². The van der Waals surface area contributed by atoms with Crippen LogP contribution in [0.4, 0.5) is 13.2 Å². The van der Waals surface area contributed by atoms with E-state index in [-0.39, 0.29) is 5.75 Å². The largest absolute Gasteiger partial charge is 0.573 e. The fourth-order valence-corrected chi connectivity index (χ4v) is 1.31. The normalized spacial score (nSPS) is 11.3. The lowest BCUT2D eigenvalue weighted by molar-refractivity contribution is -0.275. The second kappa shape index (κ2) is 4.00. The van der Waals surface area contributed by atoms with Crippen LogP contribution in [0.2, 0.25) is 0 Å². The monoisotopic (exact) mass is 220 g/mol. The maximum atomic E-state index is 12.0. The zero-order valence-corrected chi connectivity index (χ0v) is 8.61. The molecule has 84 valence electrons. The summed E-state index contributed by atoms with van der Waals surface area (Å²) in [6, 6.07) is 2.99. The Bertz CT molecular complexity index is 335. The highest BCUT2D eigenvalue weighted by atomic mass is 19.4. The molecule has 0 unspecified atom stereocenters. The van der Waals surface area contributed by atoms with Crippen LogP contribution < -0.4 is 9.47 Å². The zero-order chi connectivity index (χ0) is 11.6. The summed E-state index contributed by atoms with van der Waals surface area (Å²) in [5.74, 6) is 0.350. The predicted molar refractivity (Wildman–Crippen MR) is 49.2 cm³/mol. The molecule has 0 saturated carbocycles. The molecule has 0 amide bonds. The highest BCUT2D eigenvalue weighted by Crippen LogP contribution is 2.32. The van der Waals surface area contributed by atoms with Gasteiger partial charge in [0.2, 0.25) is 0 Å². The van der Waals surface area contributed by atoms with Crippen LogP contribution in [0.3, 0.4) is 0 Å². The van der Waals surface area contributed by atoms with Crippen molar-refractivity contribution in [1.29, 1.82) is 0 Å². The summed E-state index contributed by atoms with van der Waals surface area (Å²) in [7, 11) is 1.46. The number of alkyl halides is 3. The fraction of sp³-hybridized carbons (Fsp3) is 0.400. The van der Waals surface area contributed by atoms with Crippen molar-refractivity contribution in [2.24, 2.45) is 0 Å². The average molecular weight is 220 g/mol. The number of hydrogen-bond acceptors (Lipinski definition) is 2. The number of ether oxygens (including phenoxy) is 2. The number of halogens is 3. The van der Waals surface area contributed by atoms with Gasteiger partial charge in [-0.2, -0.15) is 0 Å². The van der Waals surface area contributed by atoms with E-state index in [2.05, 4.69) is 4.74 Å². The molecule has 0 aromatic heterocycles. The van der Waals surface area contributed by atoms with Gasteiger partial charge in [-0.05, 0) is 37.1 Å². The van der Waals surface area contributed by atoms with E-state index in [9.17, 15) is 13.2 Å². The third-order valence-electron chi connectivity index (χ3n) is 1.89. The molecule has 0 aliphatic rings. The van der Waals surface area contributed by atoms with Crippen LogP contribution in [-0.2, 0) is 0 Å². The maximum absolute atomic E-state index is 12.0. The van der Waals surface area contributed by atoms with Gasteiger partial charge in [-0.3, -0.25) is 0 Å². The van der Waals surface area contributed by atoms with Gasteiger partial charge >= 0.3 is 6.36 Å². The molecule has 0 heterocycles. The van der Waals surface area contributed by atoms with Crippen molar-refractivity contribution in [3.63, 3.8) is 0 Å². The van der Waals surface area contributed by atoms with E-state index in [1.54, 1.807) is 0 Å². The molecule has 1 aromatic carbocycles. The van der Waals surface area contributed by atoms with Gasteiger partial charge in [0.1, 0.15) is 11.5 Å². The fourth-order valence-electron chi connectivity index (χ4n) is 1.31. The van der Waals surface area contributed by atoms with Crippen molar-refractivity contribution in [3.05, 3.63) is 23.3 Å². The van der Waals surface area contributed by atoms with Crippen molar-refractivity contribution in [3.8, 4) is 11.5 Å². The molecule has 0 atom stereocenters. The van der Waals surface area contributed by atoms with E-state index in [1.807, 2.05) is 0 Å². The first-order valence-electron chi connectivity index (χ1n) is 4.24. The molecule has 0 spiro atoms. The van der Waals surface area contributed by atoms with Crippen molar-refractivity contribution in [2.45, 2.75) is 20.2 Å². The molecule has 1 aromatic rings. The SMILES string of the molecule is COc1cc(C)c(OC(F)(F)F)c(C)c1. The van der Waals surface area contributed by atoms with Gasteiger partial charge in [-0.1, -0.05) is 0 Å². The summed E-state index contributed by atoms with van der Waals surface area (Å²) >= 11 is 0. The number of hydrogen-bond donors (Lipinski definition) is 0. The Morgan fingerprint density at radius 2 is 1.53 bits per heavy atom. The Morgan fingerprint density at radius 3 is 1.87 bits per heavy atom. The number of rotatable bonds is 2. The van der Waals surface area contributed by atoms with Gasteiger partial charge in [0, 0.05) is 0 Å². The van der Waals surface area contributed by atoms with Crippen molar-refractivity contribution in [1.82, 2.24) is 0 Å². The highest BCUT2D eigenvalue weighted by molar-refractivity contribution is 5.45. The molecular formula is C10H11F3O2. The van der Waals surface area contributed by atoms with Gasteiger partial charge in [0.05, 0.1) is 7.11 Å². The summed E-state index contributed by atoms with van der Waals surface area (Å²) in [6.45, 7) is 3.08. The summed E-state index contributed by atoms with van der Waals surface area (Å²) in [5.41, 5.74) is 0.786. The molecule has 0 aliphatic carbocycles. The van der Waals surface area contributed by atoms with E-state index in [4.69, 9.17) is 4.74 Å². The molecule has 0 N–H and O–H groups in total. The van der Waals surface area contributed by atoms with Crippen LogP contribution in [-0.4, -0.2) is 13.5 Å². The Morgan fingerprint density at radius 1 is 1.07 bits per heavy atom. The van der Waals surface area contributed by atoms with Crippen LogP contribution >= 0.6 is 0 Å². The van der Waals surface area contributed by atoms with Gasteiger partial charge < -0.3 is 9.47 Å². The van der Waals surface area contributed by atoms with Crippen LogP contribution in [0.15, 0.2) is 12.1 Å². The molecule has 0 bridgehead atoms. The second-order valence-electron chi connectivity index (χ2n) is 3.14. The van der Waals surface area contributed by atoms with E-state index >= 15 is 0 Å². The molecular weight excluding hydrogens is 209 g/mol. The van der Waals surface area contributed by atoms with Crippen molar-refractivity contribution in [2.75, 3.05) is 7.11 Å². The Balaban J connectivity index is 3.09. The third kappa shape index (κ3) is 3.04. The van der Waals surface area contributed by atoms with Crippen LogP contribution in [0.5, 0.6) is 11.5 Å². The Hall–Kier alpha value is -1.39. The zero-order valence-electron chi connectivity index (χ0n) is 8.61. The molecule has 15 heavy (non-hydrogen) atoms. The molecule has 0 saturated heterocycles. The highest BCUT2D eigenvalue weighted by Gasteiger charge is 2.32. The van der Waals surface area contributed by atoms with Gasteiger partial charge in [0.25, 0.3) is 0 Å². The van der Waals surface area contributed by atoms with E-state index < -0.39 is 6.36 Å². The smallest absolute Gasteiger partial charge is 0.497 e. The van der Waals surface area contributed by atoms with Gasteiger partial charge in [-0.15, -0.1) is 13.2 Å². The van der Waals surface area contributed by atoms with Crippen molar-refractivity contribution >= 4 is 0 Å². The minimum atomic E-state index is -4.66. The Kier molecular flexibility index (Phi) is 3.12. The second-order valence-corrected chi connectivity index (χ2v) is 3.14. The topological polar surface area (TPSA) is 18.5 Å². The van der Waals surface area contributed by atoms with Crippen LogP contribution in [0.1, 0.15) is 11.1 Å². The maximum Gasteiger partial charge on any atom is 0.573 e. The summed E-state index contributed by atoms with van der Waals surface area (Å²) in [6.07, 6.45) is -4.66. The predicted octanol–water partition coefficient (Wildman–Crippen LogP) is 3.21. The quantitative estimate of drug-likeness (QED) is 0.761. The summed E-state index contributed by atoms with van der Waals surface area (Å²) in [4.78, 5) is 0. The number of aryl methyl sites for hydroxylation is 2. The molecule has 0 fully saturated rings. The minimum Gasteiger partial charge on any atom is -0.497 e. The summed E-state index contributed by atoms with van der Waals surface area (Å²) < 4.78 is 44.9. The molecule has 0 radical (unpaired) electrons. The van der Waals surface area contributed by atoms with E-state index in [0.29, 0.717) is 16.9 Å². The first-order valence-corrected chi connectivity index (χ1v) is 4.24. The van der Waals surface area contributed by atoms with Crippen LogP contribution in [0, 0.1) is 13.8 Å². The lowest BCUT2D eigenvalue weighted by atomic mass is 10.1. The lowest BCUT2D eigenvalue weighted by Gasteiger charge is -2.14. The van der Waals surface area contributed by atoms with Gasteiger partial charge in [-0.25, -0.2) is 0 Å². The molecule has 2 nitrogen and oxygen atoms in total. The first kappa shape index (κ1) is 11.7. The average Bonchev–Trinajstić information content (AvgIpc) is 2.09. The Labute approximate surface area is 85.6 Å². The molecule has 5 heteroatoms. The number of benzene rings is 1. The standard InChI is InChI=1S/C10H11F3O2/c1-6-4-8(14-3)5-7(2)9(6)15-10(11,12)13/h4-5H,1-3H3. The lowest BCUT2D eigenvalue weighted by Crippen LogP contribution is -2.18. The first-order chi connectivity index (χ1) is 6.83. The summed E-state index contributed by atoms with van der Waals surface area (Å²) in [5, 5.41) is 0. The number of methoxy groups -OCH3 is 1. The van der Waals surface area contributed by atoms with Gasteiger partial charge in [0.15, 0.2) is 0 Å². The molecule has 1 rings (SSSR count). The van der Waals surface area contributed by atoms with Crippen LogP contribution in [0.25, 0.3) is 0 Å². The minimum absolute atomic E-state index is 0.164. The molecule has 0 aliphatic heterocycles.